The van der Waals surface area contributed by atoms with Gasteiger partial charge >= 0.3 is 0 Å². The number of pyridine rings is 1. The second-order valence-corrected chi connectivity index (χ2v) is 5.77. The Bertz CT molecular complexity index is 355. The molecule has 2 nitrogen and oxygen atoms in total. The fourth-order valence-electron chi connectivity index (χ4n) is 2.16. The Balaban J connectivity index is 1.98. The molecule has 0 unspecified atom stereocenters. The minimum atomic E-state index is 0.762. The SMILES string of the molecule is Clc1cnccc1CN(CCCBr)C1CCC1. The van der Waals surface area contributed by atoms with Crippen LogP contribution in [0.15, 0.2) is 18.5 Å². The summed E-state index contributed by atoms with van der Waals surface area (Å²) in [6.45, 7) is 2.10. The summed E-state index contributed by atoms with van der Waals surface area (Å²) in [6.07, 6.45) is 8.81. The minimum Gasteiger partial charge on any atom is -0.296 e. The van der Waals surface area contributed by atoms with E-state index in [1.165, 1.54) is 31.2 Å². The van der Waals surface area contributed by atoms with Crippen LogP contribution in [0.3, 0.4) is 0 Å². The standard InChI is InChI=1S/C13H18BrClN2/c14-6-2-8-17(12-3-1-4-12)10-11-5-7-16-9-13(11)15/h5,7,9,12H,1-4,6,8,10H2. The number of halogens is 2. The van der Waals surface area contributed by atoms with Crippen LogP contribution in [0.5, 0.6) is 0 Å². The molecule has 0 bridgehead atoms. The summed E-state index contributed by atoms with van der Waals surface area (Å²) in [5, 5.41) is 1.86. The second kappa shape index (κ2) is 6.72. The van der Waals surface area contributed by atoms with Gasteiger partial charge in [0.2, 0.25) is 0 Å². The molecule has 4 heteroatoms. The Hall–Kier alpha value is -0.120. The van der Waals surface area contributed by atoms with Crippen LogP contribution < -0.4 is 0 Å². The van der Waals surface area contributed by atoms with E-state index in [1.54, 1.807) is 6.20 Å². The summed E-state index contributed by atoms with van der Waals surface area (Å²) in [5.74, 6) is 0. The van der Waals surface area contributed by atoms with Crippen molar-refractivity contribution in [3.63, 3.8) is 0 Å². The van der Waals surface area contributed by atoms with Gasteiger partial charge in [-0.3, -0.25) is 9.88 Å². The Morgan fingerprint density at radius 3 is 2.88 bits per heavy atom. The van der Waals surface area contributed by atoms with E-state index in [1.807, 2.05) is 12.3 Å². The lowest BCUT2D eigenvalue weighted by Crippen LogP contribution is -2.40. The van der Waals surface area contributed by atoms with E-state index < -0.39 is 0 Å². The van der Waals surface area contributed by atoms with Gasteiger partial charge in [-0.05, 0) is 37.4 Å². The van der Waals surface area contributed by atoms with Crippen LogP contribution in [0, 0.1) is 0 Å². The number of hydrogen-bond acceptors (Lipinski definition) is 2. The first-order chi connectivity index (χ1) is 8.31. The van der Waals surface area contributed by atoms with E-state index >= 15 is 0 Å². The van der Waals surface area contributed by atoms with E-state index in [9.17, 15) is 0 Å². The molecule has 0 radical (unpaired) electrons. The molecule has 0 amide bonds. The van der Waals surface area contributed by atoms with Crippen LogP contribution in [-0.4, -0.2) is 27.8 Å². The van der Waals surface area contributed by atoms with Crippen LogP contribution in [0.4, 0.5) is 0 Å². The third-order valence-corrected chi connectivity index (χ3v) is 4.30. The van der Waals surface area contributed by atoms with Crippen LogP contribution in [0.25, 0.3) is 0 Å². The first-order valence-corrected chi connectivity index (χ1v) is 7.69. The van der Waals surface area contributed by atoms with Crippen molar-refractivity contribution in [3.05, 3.63) is 29.0 Å². The van der Waals surface area contributed by atoms with Gasteiger partial charge in [0.15, 0.2) is 0 Å². The molecule has 0 aliphatic heterocycles. The van der Waals surface area contributed by atoms with Crippen molar-refractivity contribution >= 4 is 27.5 Å². The van der Waals surface area contributed by atoms with Crippen molar-refractivity contribution < 1.29 is 0 Å². The normalized spacial score (nSPS) is 16.2. The van der Waals surface area contributed by atoms with Gasteiger partial charge in [-0.2, -0.15) is 0 Å². The predicted octanol–water partition coefficient (Wildman–Crippen LogP) is 3.87. The van der Waals surface area contributed by atoms with E-state index in [4.69, 9.17) is 11.6 Å². The van der Waals surface area contributed by atoms with Gasteiger partial charge in [0.05, 0.1) is 5.02 Å². The van der Waals surface area contributed by atoms with Gasteiger partial charge in [0, 0.05) is 30.3 Å². The molecular weight excluding hydrogens is 300 g/mol. The molecule has 94 valence electrons. The van der Waals surface area contributed by atoms with Crippen molar-refractivity contribution in [2.75, 3.05) is 11.9 Å². The summed E-state index contributed by atoms with van der Waals surface area (Å²) >= 11 is 9.67. The first kappa shape index (κ1) is 13.3. The molecule has 0 N–H and O–H groups in total. The molecular formula is C13H18BrClN2. The average Bonchev–Trinajstić information content (AvgIpc) is 2.26. The molecule has 17 heavy (non-hydrogen) atoms. The monoisotopic (exact) mass is 316 g/mol. The van der Waals surface area contributed by atoms with Crippen molar-refractivity contribution in [1.82, 2.24) is 9.88 Å². The highest BCUT2D eigenvalue weighted by Gasteiger charge is 2.24. The summed E-state index contributed by atoms with van der Waals surface area (Å²) < 4.78 is 0. The lowest BCUT2D eigenvalue weighted by molar-refractivity contribution is 0.120. The largest absolute Gasteiger partial charge is 0.296 e. The smallest absolute Gasteiger partial charge is 0.0634 e. The number of rotatable bonds is 6. The zero-order chi connectivity index (χ0) is 12.1. The van der Waals surface area contributed by atoms with Crippen molar-refractivity contribution in [3.8, 4) is 0 Å². The van der Waals surface area contributed by atoms with E-state index in [0.717, 1.165) is 29.5 Å². The summed E-state index contributed by atoms with van der Waals surface area (Å²) in [7, 11) is 0. The minimum absolute atomic E-state index is 0.762. The quantitative estimate of drug-likeness (QED) is 0.740. The van der Waals surface area contributed by atoms with Gasteiger partial charge in [-0.15, -0.1) is 0 Å². The molecule has 1 fully saturated rings. The van der Waals surface area contributed by atoms with E-state index in [2.05, 4.69) is 25.8 Å². The highest BCUT2D eigenvalue weighted by Crippen LogP contribution is 2.27. The van der Waals surface area contributed by atoms with Crippen molar-refractivity contribution in [2.24, 2.45) is 0 Å². The van der Waals surface area contributed by atoms with Crippen LogP contribution in [-0.2, 0) is 6.54 Å². The average molecular weight is 318 g/mol. The predicted molar refractivity (Wildman–Crippen MR) is 75.7 cm³/mol. The van der Waals surface area contributed by atoms with Crippen LogP contribution in [0.2, 0.25) is 5.02 Å². The molecule has 0 aromatic carbocycles. The zero-order valence-electron chi connectivity index (χ0n) is 9.91. The molecule has 0 spiro atoms. The molecule has 1 aromatic heterocycles. The number of alkyl halides is 1. The highest BCUT2D eigenvalue weighted by atomic mass is 79.9. The van der Waals surface area contributed by atoms with Gasteiger partial charge in [-0.1, -0.05) is 34.0 Å². The number of hydrogen-bond donors (Lipinski definition) is 0. The van der Waals surface area contributed by atoms with Gasteiger partial charge in [0.25, 0.3) is 0 Å². The van der Waals surface area contributed by atoms with E-state index in [0.29, 0.717) is 0 Å². The maximum atomic E-state index is 6.17. The number of nitrogens with zero attached hydrogens (tertiary/aromatic N) is 2. The van der Waals surface area contributed by atoms with Crippen LogP contribution in [0.1, 0.15) is 31.2 Å². The number of aromatic nitrogens is 1. The summed E-state index contributed by atoms with van der Waals surface area (Å²) in [6, 6.07) is 2.79. The maximum absolute atomic E-state index is 6.17. The second-order valence-electron chi connectivity index (χ2n) is 4.56. The zero-order valence-corrected chi connectivity index (χ0v) is 12.3. The topological polar surface area (TPSA) is 16.1 Å². The third-order valence-electron chi connectivity index (χ3n) is 3.40. The molecule has 1 heterocycles. The van der Waals surface area contributed by atoms with Gasteiger partial charge in [-0.25, -0.2) is 0 Å². The van der Waals surface area contributed by atoms with Gasteiger partial charge in [0.1, 0.15) is 0 Å². The molecule has 1 saturated carbocycles. The molecule has 1 aliphatic rings. The van der Waals surface area contributed by atoms with Crippen LogP contribution >= 0.6 is 27.5 Å². The van der Waals surface area contributed by atoms with Crippen molar-refractivity contribution in [2.45, 2.75) is 38.3 Å². The first-order valence-electron chi connectivity index (χ1n) is 6.19. The molecule has 2 rings (SSSR count). The molecule has 1 aromatic rings. The lowest BCUT2D eigenvalue weighted by Gasteiger charge is -2.37. The van der Waals surface area contributed by atoms with E-state index in [-0.39, 0.29) is 0 Å². The fourth-order valence-corrected chi connectivity index (χ4v) is 2.59. The lowest BCUT2D eigenvalue weighted by atomic mass is 9.91. The Kier molecular flexibility index (Phi) is 5.26. The third kappa shape index (κ3) is 3.67. The molecule has 1 aliphatic carbocycles. The Morgan fingerprint density at radius 1 is 1.47 bits per heavy atom. The summed E-state index contributed by atoms with van der Waals surface area (Å²) in [4.78, 5) is 6.60. The molecule has 0 saturated heterocycles. The van der Waals surface area contributed by atoms with Crippen molar-refractivity contribution in [1.29, 1.82) is 0 Å². The highest BCUT2D eigenvalue weighted by molar-refractivity contribution is 9.09. The maximum Gasteiger partial charge on any atom is 0.0634 e. The van der Waals surface area contributed by atoms with Gasteiger partial charge < -0.3 is 0 Å². The Labute approximate surface area is 116 Å². The molecule has 0 atom stereocenters. The fraction of sp³-hybridized carbons (Fsp3) is 0.615. The Morgan fingerprint density at radius 2 is 2.29 bits per heavy atom. The summed E-state index contributed by atoms with van der Waals surface area (Å²) in [5.41, 5.74) is 1.20.